The second-order valence-electron chi connectivity index (χ2n) is 6.76. The van der Waals surface area contributed by atoms with Crippen molar-refractivity contribution in [2.45, 2.75) is 24.7 Å². The Labute approximate surface area is 211 Å². The van der Waals surface area contributed by atoms with Gasteiger partial charge in [0.2, 0.25) is 5.91 Å². The van der Waals surface area contributed by atoms with Gasteiger partial charge in [0, 0.05) is 6.54 Å². The number of allylic oxidation sites excluding steroid dienone is 1. The first-order valence-corrected chi connectivity index (χ1v) is 11.9. The molecular formula is C22H21Cl3N4O3S. The molecule has 11 heteroatoms. The first kappa shape index (κ1) is 25.2. The number of carbonyl (C=O) groups is 1. The Morgan fingerprint density at radius 3 is 2.48 bits per heavy atom. The Hall–Kier alpha value is -2.39. The van der Waals surface area contributed by atoms with Gasteiger partial charge >= 0.3 is 0 Å². The fraction of sp³-hybridized carbons (Fsp3) is 0.227. The number of halogens is 3. The van der Waals surface area contributed by atoms with Crippen molar-refractivity contribution in [3.8, 4) is 11.5 Å². The van der Waals surface area contributed by atoms with Gasteiger partial charge in [0.05, 0.1) is 33.6 Å². The molecule has 3 rings (SSSR count). The zero-order valence-electron chi connectivity index (χ0n) is 17.8. The van der Waals surface area contributed by atoms with Crippen molar-refractivity contribution >= 4 is 58.2 Å². The highest BCUT2D eigenvalue weighted by atomic mass is 35.5. The van der Waals surface area contributed by atoms with E-state index < -0.39 is 0 Å². The molecule has 1 heterocycles. The number of thioether (sulfide) groups is 1. The molecule has 0 aliphatic heterocycles. The molecule has 3 aromatic rings. The number of nitrogens with one attached hydrogen (secondary N) is 1. The molecule has 0 aliphatic rings. The van der Waals surface area contributed by atoms with Crippen molar-refractivity contribution in [2.24, 2.45) is 0 Å². The van der Waals surface area contributed by atoms with Gasteiger partial charge in [-0.3, -0.25) is 9.36 Å². The Bertz CT molecular complexity index is 1140. The molecule has 1 N–H and O–H groups in total. The average Bonchev–Trinajstić information content (AvgIpc) is 3.19. The highest BCUT2D eigenvalue weighted by molar-refractivity contribution is 7.99. The summed E-state index contributed by atoms with van der Waals surface area (Å²) in [4.78, 5) is 12.5. The third-order valence-electron chi connectivity index (χ3n) is 4.41. The molecule has 2 aromatic carbocycles. The first-order valence-electron chi connectivity index (χ1n) is 9.74. The molecular weight excluding hydrogens is 507 g/mol. The van der Waals surface area contributed by atoms with E-state index in [2.05, 4.69) is 22.1 Å². The van der Waals surface area contributed by atoms with Crippen LogP contribution in [0, 0.1) is 0 Å². The predicted molar refractivity (Wildman–Crippen MR) is 133 cm³/mol. The number of amides is 1. The van der Waals surface area contributed by atoms with Crippen molar-refractivity contribution in [3.05, 3.63) is 69.9 Å². The number of aromatic nitrogens is 3. The van der Waals surface area contributed by atoms with Gasteiger partial charge in [0.15, 0.2) is 17.1 Å². The fourth-order valence-electron chi connectivity index (χ4n) is 2.85. The molecule has 174 valence electrons. The standard InChI is InChI=1S/C22H21Cl3N4O3S/c1-4-9-29-21(13(2)32-15-7-5-14(31-3)6-8-15)27-28-22(29)33-12-20(30)26-19-11-17(24)16(23)10-18(19)25/h4-8,10-11,13H,1,9,12H2,2-3H3,(H,26,30). The van der Waals surface area contributed by atoms with E-state index in [9.17, 15) is 4.79 Å². The summed E-state index contributed by atoms with van der Waals surface area (Å²) in [6.07, 6.45) is 1.34. The number of carbonyl (C=O) groups excluding carboxylic acids is 1. The summed E-state index contributed by atoms with van der Waals surface area (Å²) in [6, 6.07) is 10.2. The van der Waals surface area contributed by atoms with Crippen LogP contribution >= 0.6 is 46.6 Å². The maximum absolute atomic E-state index is 12.5. The molecule has 0 radical (unpaired) electrons. The summed E-state index contributed by atoms with van der Waals surface area (Å²) in [7, 11) is 1.61. The lowest BCUT2D eigenvalue weighted by Crippen LogP contribution is -2.16. The van der Waals surface area contributed by atoms with E-state index in [1.165, 1.54) is 23.9 Å². The zero-order valence-corrected chi connectivity index (χ0v) is 20.9. The second-order valence-corrected chi connectivity index (χ2v) is 8.92. The summed E-state index contributed by atoms with van der Waals surface area (Å²) in [5.41, 5.74) is 0.381. The molecule has 33 heavy (non-hydrogen) atoms. The minimum atomic E-state index is -0.385. The summed E-state index contributed by atoms with van der Waals surface area (Å²) in [5, 5.41) is 12.7. The Morgan fingerprint density at radius 2 is 1.82 bits per heavy atom. The number of nitrogens with zero attached hydrogens (tertiary/aromatic N) is 3. The summed E-state index contributed by atoms with van der Waals surface area (Å²) in [5.74, 6) is 1.82. The first-order chi connectivity index (χ1) is 15.8. The lowest BCUT2D eigenvalue weighted by Gasteiger charge is -2.16. The number of hydrogen-bond acceptors (Lipinski definition) is 6. The summed E-state index contributed by atoms with van der Waals surface area (Å²) >= 11 is 19.3. The molecule has 0 saturated carbocycles. The van der Waals surface area contributed by atoms with Gasteiger partial charge in [-0.2, -0.15) is 0 Å². The SMILES string of the molecule is C=CCn1c(SCC(=O)Nc2cc(Cl)c(Cl)cc2Cl)nnc1C(C)Oc1ccc(OC)cc1. The molecule has 7 nitrogen and oxygen atoms in total. The molecule has 1 unspecified atom stereocenters. The van der Waals surface area contributed by atoms with E-state index >= 15 is 0 Å². The smallest absolute Gasteiger partial charge is 0.234 e. The van der Waals surface area contributed by atoms with Gasteiger partial charge < -0.3 is 14.8 Å². The van der Waals surface area contributed by atoms with Crippen LogP contribution in [0.2, 0.25) is 15.1 Å². The maximum atomic E-state index is 12.5. The van der Waals surface area contributed by atoms with Crippen LogP contribution in [0.4, 0.5) is 5.69 Å². The molecule has 0 spiro atoms. The van der Waals surface area contributed by atoms with Crippen molar-refractivity contribution in [3.63, 3.8) is 0 Å². The van der Waals surface area contributed by atoms with Gasteiger partial charge in [0.1, 0.15) is 11.5 Å². The van der Waals surface area contributed by atoms with Crippen LogP contribution in [-0.2, 0) is 11.3 Å². The van der Waals surface area contributed by atoms with Crippen LogP contribution in [-0.4, -0.2) is 33.5 Å². The third-order valence-corrected chi connectivity index (χ3v) is 6.41. The highest BCUT2D eigenvalue weighted by Crippen LogP contribution is 2.32. The number of rotatable bonds is 10. The molecule has 1 atom stereocenters. The van der Waals surface area contributed by atoms with Gasteiger partial charge in [-0.25, -0.2) is 0 Å². The third kappa shape index (κ3) is 6.57. The van der Waals surface area contributed by atoms with Crippen LogP contribution in [0.25, 0.3) is 0 Å². The van der Waals surface area contributed by atoms with Crippen LogP contribution in [0.5, 0.6) is 11.5 Å². The van der Waals surface area contributed by atoms with E-state index in [0.29, 0.717) is 44.0 Å². The highest BCUT2D eigenvalue weighted by Gasteiger charge is 2.20. The topological polar surface area (TPSA) is 78.3 Å². The van der Waals surface area contributed by atoms with Crippen LogP contribution < -0.4 is 14.8 Å². The molecule has 0 aliphatic carbocycles. The summed E-state index contributed by atoms with van der Waals surface area (Å²) in [6.45, 7) is 6.13. The van der Waals surface area contributed by atoms with Gasteiger partial charge in [-0.1, -0.05) is 52.6 Å². The minimum Gasteiger partial charge on any atom is -0.497 e. The molecule has 1 aromatic heterocycles. The second kappa shape index (κ2) is 11.7. The monoisotopic (exact) mass is 526 g/mol. The quantitative estimate of drug-likeness (QED) is 0.189. The lowest BCUT2D eigenvalue weighted by molar-refractivity contribution is -0.113. The normalized spacial score (nSPS) is 11.7. The van der Waals surface area contributed by atoms with Crippen LogP contribution in [0.1, 0.15) is 18.9 Å². The Balaban J connectivity index is 1.67. The largest absolute Gasteiger partial charge is 0.497 e. The predicted octanol–water partition coefficient (Wildman–Crippen LogP) is 6.30. The Kier molecular flexibility index (Phi) is 8.91. The maximum Gasteiger partial charge on any atom is 0.234 e. The molecule has 1 amide bonds. The minimum absolute atomic E-state index is 0.0829. The molecule has 0 fully saturated rings. The van der Waals surface area contributed by atoms with E-state index in [4.69, 9.17) is 44.3 Å². The van der Waals surface area contributed by atoms with Crippen molar-refractivity contribution in [1.82, 2.24) is 14.8 Å². The Morgan fingerprint density at radius 1 is 1.15 bits per heavy atom. The number of ether oxygens (including phenoxy) is 2. The van der Waals surface area contributed by atoms with Crippen molar-refractivity contribution in [2.75, 3.05) is 18.2 Å². The van der Waals surface area contributed by atoms with E-state index in [0.717, 1.165) is 5.75 Å². The number of benzene rings is 2. The van der Waals surface area contributed by atoms with Gasteiger partial charge in [-0.15, -0.1) is 16.8 Å². The van der Waals surface area contributed by atoms with Crippen molar-refractivity contribution < 1.29 is 14.3 Å². The molecule has 0 bridgehead atoms. The van der Waals surface area contributed by atoms with E-state index in [1.807, 2.05) is 35.8 Å². The molecule has 0 saturated heterocycles. The number of hydrogen-bond donors (Lipinski definition) is 1. The van der Waals surface area contributed by atoms with Crippen molar-refractivity contribution in [1.29, 1.82) is 0 Å². The number of methoxy groups -OCH3 is 1. The van der Waals surface area contributed by atoms with Gasteiger partial charge in [0.25, 0.3) is 0 Å². The summed E-state index contributed by atoms with van der Waals surface area (Å²) < 4.78 is 13.0. The number of anilines is 1. The van der Waals surface area contributed by atoms with Crippen LogP contribution in [0.15, 0.2) is 54.2 Å². The van der Waals surface area contributed by atoms with E-state index in [1.54, 1.807) is 13.2 Å². The van der Waals surface area contributed by atoms with E-state index in [-0.39, 0.29) is 17.8 Å². The zero-order chi connectivity index (χ0) is 24.0. The average molecular weight is 528 g/mol. The fourth-order valence-corrected chi connectivity index (χ4v) is 4.20. The lowest BCUT2D eigenvalue weighted by atomic mass is 10.3. The van der Waals surface area contributed by atoms with Gasteiger partial charge in [-0.05, 0) is 43.3 Å². The van der Waals surface area contributed by atoms with Crippen LogP contribution in [0.3, 0.4) is 0 Å².